The molecule has 2 saturated heterocycles. The normalized spacial score (nSPS) is 24.0. The molecule has 1 saturated carbocycles. The van der Waals surface area contributed by atoms with Crippen LogP contribution in [-0.2, 0) is 9.59 Å². The SMILES string of the molecule is CN(CC(=O)N1CCCC(COc2cccc(Cl)c2)(CC(=O)N2CCCCC2)C1)C1CCCC1. The number of likely N-dealkylation sites (N-methyl/N-ethyl adjacent to an activating group) is 1. The summed E-state index contributed by atoms with van der Waals surface area (Å²) in [6.45, 7) is 3.89. The van der Waals surface area contributed by atoms with E-state index in [9.17, 15) is 9.59 Å². The van der Waals surface area contributed by atoms with E-state index in [-0.39, 0.29) is 17.2 Å². The molecule has 7 heteroatoms. The molecule has 188 valence electrons. The van der Waals surface area contributed by atoms with E-state index in [1.54, 1.807) is 0 Å². The van der Waals surface area contributed by atoms with E-state index in [1.165, 1.54) is 32.1 Å². The van der Waals surface area contributed by atoms with Crippen LogP contribution < -0.4 is 4.74 Å². The molecule has 1 aliphatic carbocycles. The predicted molar refractivity (Wildman–Crippen MR) is 135 cm³/mol. The first kappa shape index (κ1) is 25.3. The first-order valence-electron chi connectivity index (χ1n) is 13.1. The average Bonchev–Trinajstić information content (AvgIpc) is 3.39. The Hall–Kier alpha value is -1.79. The van der Waals surface area contributed by atoms with Crippen LogP contribution in [0.2, 0.25) is 5.02 Å². The largest absolute Gasteiger partial charge is 0.493 e. The third-order valence-electron chi connectivity index (χ3n) is 7.92. The maximum Gasteiger partial charge on any atom is 0.236 e. The topological polar surface area (TPSA) is 53.1 Å². The molecular weight excluding hydrogens is 450 g/mol. The zero-order chi connectivity index (χ0) is 24.0. The molecule has 3 fully saturated rings. The van der Waals surface area contributed by atoms with E-state index in [0.29, 0.717) is 42.9 Å². The van der Waals surface area contributed by atoms with Crippen LogP contribution in [0.1, 0.15) is 64.2 Å². The molecule has 34 heavy (non-hydrogen) atoms. The monoisotopic (exact) mass is 489 g/mol. The summed E-state index contributed by atoms with van der Waals surface area (Å²) in [6, 6.07) is 7.92. The van der Waals surface area contributed by atoms with E-state index >= 15 is 0 Å². The van der Waals surface area contributed by atoms with Gasteiger partial charge in [-0.25, -0.2) is 0 Å². The van der Waals surface area contributed by atoms with Crippen molar-refractivity contribution < 1.29 is 14.3 Å². The van der Waals surface area contributed by atoms with Crippen LogP contribution in [0.25, 0.3) is 0 Å². The van der Waals surface area contributed by atoms with Gasteiger partial charge in [0.25, 0.3) is 0 Å². The fourth-order valence-electron chi connectivity index (χ4n) is 5.89. The number of hydrogen-bond donors (Lipinski definition) is 0. The van der Waals surface area contributed by atoms with Crippen molar-refractivity contribution in [2.24, 2.45) is 5.41 Å². The van der Waals surface area contributed by atoms with Gasteiger partial charge in [0.05, 0.1) is 13.2 Å². The number of amides is 2. The van der Waals surface area contributed by atoms with Crippen LogP contribution in [-0.4, -0.2) is 78.9 Å². The third kappa shape index (κ3) is 6.66. The van der Waals surface area contributed by atoms with Gasteiger partial charge in [0, 0.05) is 49.1 Å². The van der Waals surface area contributed by atoms with Crippen molar-refractivity contribution in [3.05, 3.63) is 29.3 Å². The van der Waals surface area contributed by atoms with E-state index in [0.717, 1.165) is 45.3 Å². The minimum absolute atomic E-state index is 0.173. The molecule has 2 heterocycles. The number of carbonyl (C=O) groups is 2. The summed E-state index contributed by atoms with van der Waals surface area (Å²) < 4.78 is 6.20. The molecule has 0 spiro atoms. The van der Waals surface area contributed by atoms with E-state index in [1.807, 2.05) is 34.1 Å². The lowest BCUT2D eigenvalue weighted by atomic mass is 9.77. The Balaban J connectivity index is 1.45. The lowest BCUT2D eigenvalue weighted by Crippen LogP contribution is -2.53. The van der Waals surface area contributed by atoms with Gasteiger partial charge in [0.15, 0.2) is 0 Å². The third-order valence-corrected chi connectivity index (χ3v) is 8.16. The van der Waals surface area contributed by atoms with Crippen LogP contribution >= 0.6 is 11.6 Å². The first-order chi connectivity index (χ1) is 16.4. The van der Waals surface area contributed by atoms with Crippen molar-refractivity contribution in [3.63, 3.8) is 0 Å². The quantitative estimate of drug-likeness (QED) is 0.535. The van der Waals surface area contributed by atoms with Crippen LogP contribution in [0.4, 0.5) is 0 Å². The summed E-state index contributed by atoms with van der Waals surface area (Å²) in [4.78, 5) is 32.8. The van der Waals surface area contributed by atoms with Gasteiger partial charge < -0.3 is 14.5 Å². The fraction of sp³-hybridized carbons (Fsp3) is 0.704. The molecule has 0 radical (unpaired) electrons. The number of benzene rings is 1. The number of likely N-dealkylation sites (tertiary alicyclic amines) is 2. The van der Waals surface area contributed by atoms with Crippen LogP contribution in [0.3, 0.4) is 0 Å². The van der Waals surface area contributed by atoms with Crippen LogP contribution in [0.5, 0.6) is 5.75 Å². The van der Waals surface area contributed by atoms with E-state index in [4.69, 9.17) is 16.3 Å². The van der Waals surface area contributed by atoms with Crippen LogP contribution in [0.15, 0.2) is 24.3 Å². The molecule has 4 rings (SSSR count). The van der Waals surface area contributed by atoms with Gasteiger partial charge in [-0.3, -0.25) is 14.5 Å². The molecule has 0 bridgehead atoms. The number of rotatable bonds is 8. The Bertz CT molecular complexity index is 838. The molecule has 1 aromatic carbocycles. The second-order valence-electron chi connectivity index (χ2n) is 10.6. The van der Waals surface area contributed by atoms with Gasteiger partial charge in [-0.15, -0.1) is 0 Å². The summed E-state index contributed by atoms with van der Waals surface area (Å²) in [5.74, 6) is 1.08. The van der Waals surface area contributed by atoms with Crippen molar-refractivity contribution in [1.29, 1.82) is 0 Å². The Labute approximate surface area is 209 Å². The molecule has 0 aromatic heterocycles. The van der Waals surface area contributed by atoms with Gasteiger partial charge in [0.2, 0.25) is 11.8 Å². The average molecular weight is 490 g/mol. The van der Waals surface area contributed by atoms with Gasteiger partial charge >= 0.3 is 0 Å². The first-order valence-corrected chi connectivity index (χ1v) is 13.5. The number of piperidine rings is 2. The van der Waals surface area contributed by atoms with Crippen LogP contribution in [0, 0.1) is 5.41 Å². The highest BCUT2D eigenvalue weighted by atomic mass is 35.5. The molecular formula is C27H40ClN3O3. The van der Waals surface area contributed by atoms with Crippen molar-refractivity contribution in [3.8, 4) is 5.75 Å². The highest BCUT2D eigenvalue weighted by Crippen LogP contribution is 2.36. The molecule has 3 aliphatic rings. The molecule has 6 nitrogen and oxygen atoms in total. The van der Waals surface area contributed by atoms with Crippen molar-refractivity contribution in [1.82, 2.24) is 14.7 Å². The van der Waals surface area contributed by atoms with Gasteiger partial charge in [0.1, 0.15) is 5.75 Å². The predicted octanol–water partition coefficient (Wildman–Crippen LogP) is 4.60. The summed E-state index contributed by atoms with van der Waals surface area (Å²) in [5, 5.41) is 0.631. The minimum atomic E-state index is -0.378. The van der Waals surface area contributed by atoms with Crippen molar-refractivity contribution in [2.45, 2.75) is 70.3 Å². The second kappa shape index (κ2) is 11.8. The van der Waals surface area contributed by atoms with E-state index in [2.05, 4.69) is 11.9 Å². The Morgan fingerprint density at radius 3 is 2.50 bits per heavy atom. The standard InChI is InChI=1S/C27H40ClN3O3/c1-29(23-10-3-4-11-23)19-26(33)31-16-8-13-27(20-31,18-25(32)30-14-5-2-6-15-30)21-34-24-12-7-9-22(28)17-24/h7,9,12,17,23H,2-6,8,10-11,13-16,18-21H2,1H3. The number of halogens is 1. The fourth-order valence-corrected chi connectivity index (χ4v) is 6.07. The summed E-state index contributed by atoms with van der Waals surface area (Å²) in [7, 11) is 2.08. The molecule has 2 aliphatic heterocycles. The molecule has 2 amide bonds. The number of hydrogen-bond acceptors (Lipinski definition) is 4. The van der Waals surface area contributed by atoms with Crippen molar-refractivity contribution in [2.75, 3.05) is 46.4 Å². The zero-order valence-corrected chi connectivity index (χ0v) is 21.4. The highest BCUT2D eigenvalue weighted by molar-refractivity contribution is 6.30. The molecule has 0 N–H and O–H groups in total. The number of nitrogens with zero attached hydrogens (tertiary/aromatic N) is 3. The minimum Gasteiger partial charge on any atom is -0.493 e. The number of ether oxygens (including phenoxy) is 1. The van der Waals surface area contributed by atoms with E-state index < -0.39 is 0 Å². The number of carbonyl (C=O) groups excluding carboxylic acids is 2. The molecule has 1 aromatic rings. The van der Waals surface area contributed by atoms with Gasteiger partial charge in [-0.1, -0.05) is 30.5 Å². The Morgan fingerprint density at radius 1 is 1.03 bits per heavy atom. The Morgan fingerprint density at radius 2 is 1.76 bits per heavy atom. The Kier molecular flexibility index (Phi) is 8.75. The summed E-state index contributed by atoms with van der Waals surface area (Å²) in [6.07, 6.45) is 10.5. The zero-order valence-electron chi connectivity index (χ0n) is 20.6. The summed E-state index contributed by atoms with van der Waals surface area (Å²) in [5.41, 5.74) is -0.378. The lowest BCUT2D eigenvalue weighted by molar-refractivity contribution is -0.142. The maximum atomic E-state index is 13.3. The van der Waals surface area contributed by atoms with Gasteiger partial charge in [-0.2, -0.15) is 0 Å². The van der Waals surface area contributed by atoms with Gasteiger partial charge in [-0.05, 0) is 70.2 Å². The lowest BCUT2D eigenvalue weighted by Gasteiger charge is -2.44. The summed E-state index contributed by atoms with van der Waals surface area (Å²) >= 11 is 6.16. The molecule has 1 atom stereocenters. The second-order valence-corrected chi connectivity index (χ2v) is 11.1. The smallest absolute Gasteiger partial charge is 0.236 e. The molecule has 1 unspecified atom stereocenters. The highest BCUT2D eigenvalue weighted by Gasteiger charge is 2.41. The maximum absolute atomic E-state index is 13.3. The van der Waals surface area contributed by atoms with Crippen molar-refractivity contribution >= 4 is 23.4 Å².